The van der Waals surface area contributed by atoms with Crippen LogP contribution in [-0.2, 0) is 19.1 Å². The SMILES string of the molecule is COCO[C@@H]1CC[C@@]2(C)[C@@H](CC[C@@H]3[C@@H]2C(=O)C[C@]2(C)C(C=O)=CC[C@@H]32)C1. The van der Waals surface area contributed by atoms with Crippen LogP contribution in [-0.4, -0.2) is 32.1 Å². The van der Waals surface area contributed by atoms with Crippen LogP contribution in [0.3, 0.4) is 0 Å². The van der Waals surface area contributed by atoms with E-state index >= 15 is 0 Å². The van der Waals surface area contributed by atoms with Crippen LogP contribution < -0.4 is 0 Å². The van der Waals surface area contributed by atoms with E-state index in [1.807, 2.05) is 0 Å². The van der Waals surface area contributed by atoms with Crippen molar-refractivity contribution in [2.45, 2.75) is 64.9 Å². The van der Waals surface area contributed by atoms with Crippen molar-refractivity contribution in [1.82, 2.24) is 0 Å². The highest BCUT2D eigenvalue weighted by molar-refractivity contribution is 5.88. The van der Waals surface area contributed by atoms with Gasteiger partial charge in [-0.15, -0.1) is 0 Å². The first-order valence-electron chi connectivity index (χ1n) is 10.2. The number of Topliss-reactive ketones (excluding diaryl/α,β-unsaturated/α-hetero) is 1. The van der Waals surface area contributed by atoms with Gasteiger partial charge in [0.05, 0.1) is 6.10 Å². The van der Waals surface area contributed by atoms with Crippen molar-refractivity contribution >= 4 is 12.1 Å². The lowest BCUT2D eigenvalue weighted by Crippen LogP contribution is -2.57. The lowest BCUT2D eigenvalue weighted by molar-refractivity contribution is -0.165. The fourth-order valence-electron chi connectivity index (χ4n) is 7.14. The summed E-state index contributed by atoms with van der Waals surface area (Å²) in [5.41, 5.74) is 0.749. The fourth-order valence-corrected chi connectivity index (χ4v) is 7.14. The molecule has 7 atom stereocenters. The molecule has 0 N–H and O–H groups in total. The number of aldehydes is 1. The summed E-state index contributed by atoms with van der Waals surface area (Å²) >= 11 is 0. The number of hydrogen-bond donors (Lipinski definition) is 0. The third-order valence-electron chi connectivity index (χ3n) is 8.50. The molecule has 0 saturated heterocycles. The van der Waals surface area contributed by atoms with E-state index in [1.165, 1.54) is 6.42 Å². The molecule has 0 bridgehead atoms. The molecule has 0 radical (unpaired) electrons. The average Bonchev–Trinajstić information content (AvgIpc) is 2.95. The lowest BCUT2D eigenvalue weighted by atomic mass is 9.44. The fraction of sp³-hybridized carbons (Fsp3) is 0.818. The van der Waals surface area contributed by atoms with Crippen molar-refractivity contribution in [3.63, 3.8) is 0 Å². The van der Waals surface area contributed by atoms with Gasteiger partial charge >= 0.3 is 0 Å². The molecule has 0 spiro atoms. The summed E-state index contributed by atoms with van der Waals surface area (Å²) < 4.78 is 10.9. The molecule has 0 amide bonds. The van der Waals surface area contributed by atoms with E-state index in [2.05, 4.69) is 19.9 Å². The highest BCUT2D eigenvalue weighted by atomic mass is 16.7. The Bertz CT molecular complexity index is 626. The number of rotatable bonds is 4. The zero-order valence-electron chi connectivity index (χ0n) is 16.3. The molecule has 0 aromatic heterocycles. The Morgan fingerprint density at radius 1 is 1.27 bits per heavy atom. The highest BCUT2D eigenvalue weighted by Crippen LogP contribution is 2.65. The first kappa shape index (κ1) is 18.4. The smallest absolute Gasteiger partial charge is 0.146 e. The number of methoxy groups -OCH3 is 1. The van der Waals surface area contributed by atoms with E-state index in [1.54, 1.807) is 7.11 Å². The van der Waals surface area contributed by atoms with Crippen molar-refractivity contribution in [2.75, 3.05) is 13.9 Å². The summed E-state index contributed by atoms with van der Waals surface area (Å²) in [5.74, 6) is 2.04. The van der Waals surface area contributed by atoms with Gasteiger partial charge in [-0.25, -0.2) is 0 Å². The van der Waals surface area contributed by atoms with Crippen molar-refractivity contribution in [3.05, 3.63) is 11.6 Å². The Hall–Kier alpha value is -1.00. The number of carbonyl (C=O) groups is 2. The second-order valence-corrected chi connectivity index (χ2v) is 9.57. The Morgan fingerprint density at radius 2 is 2.08 bits per heavy atom. The molecule has 0 aliphatic heterocycles. The molecule has 4 heteroatoms. The highest BCUT2D eigenvalue weighted by Gasteiger charge is 2.61. The van der Waals surface area contributed by atoms with Crippen molar-refractivity contribution in [3.8, 4) is 0 Å². The van der Waals surface area contributed by atoms with E-state index in [0.29, 0.717) is 36.8 Å². The number of fused-ring (bicyclic) bond motifs is 5. The standard InChI is InChI=1S/C22H32O4/c1-21-9-8-16(26-13-25-3)10-14(21)4-6-17-18-7-5-15(12-23)22(18,2)11-19(24)20(17)21/h5,12,14,16-18,20H,4,6-11,13H2,1-3H3/t14-,16+,17-,18-,20+,21-,22+/m0/s1. The molecule has 0 heterocycles. The maximum atomic E-state index is 13.4. The summed E-state index contributed by atoms with van der Waals surface area (Å²) in [6.45, 7) is 4.88. The largest absolute Gasteiger partial charge is 0.359 e. The topological polar surface area (TPSA) is 52.6 Å². The second kappa shape index (κ2) is 6.56. The van der Waals surface area contributed by atoms with Crippen molar-refractivity contribution < 1.29 is 19.1 Å². The summed E-state index contributed by atoms with van der Waals surface area (Å²) in [7, 11) is 1.67. The van der Waals surface area contributed by atoms with E-state index in [0.717, 1.165) is 44.0 Å². The van der Waals surface area contributed by atoms with Crippen molar-refractivity contribution in [2.24, 2.45) is 34.5 Å². The van der Waals surface area contributed by atoms with Gasteiger partial charge in [0.2, 0.25) is 0 Å². The number of ketones is 1. The maximum Gasteiger partial charge on any atom is 0.146 e. The van der Waals surface area contributed by atoms with Gasteiger partial charge in [-0.1, -0.05) is 19.9 Å². The van der Waals surface area contributed by atoms with Crippen LogP contribution in [0.4, 0.5) is 0 Å². The van der Waals surface area contributed by atoms with Crippen LogP contribution in [0.15, 0.2) is 11.6 Å². The van der Waals surface area contributed by atoms with Crippen LogP contribution in [0.5, 0.6) is 0 Å². The number of carbonyl (C=O) groups excluding carboxylic acids is 2. The third kappa shape index (κ3) is 2.56. The minimum absolute atomic E-state index is 0.0954. The summed E-state index contributed by atoms with van der Waals surface area (Å²) in [6, 6.07) is 0. The molecule has 3 fully saturated rings. The number of hydrogen-bond acceptors (Lipinski definition) is 4. The predicted molar refractivity (Wildman–Crippen MR) is 98.4 cm³/mol. The van der Waals surface area contributed by atoms with Crippen LogP contribution >= 0.6 is 0 Å². The van der Waals surface area contributed by atoms with Crippen LogP contribution in [0.1, 0.15) is 58.8 Å². The molecule has 3 saturated carbocycles. The first-order valence-corrected chi connectivity index (χ1v) is 10.2. The molecule has 26 heavy (non-hydrogen) atoms. The van der Waals surface area contributed by atoms with Gasteiger partial charge < -0.3 is 9.47 Å². The first-order chi connectivity index (χ1) is 12.4. The lowest BCUT2D eigenvalue weighted by Gasteiger charge is -2.59. The normalized spacial score (nSPS) is 47.6. The number of allylic oxidation sites excluding steroid dienone is 2. The van der Waals surface area contributed by atoms with Gasteiger partial charge in [-0.05, 0) is 67.3 Å². The van der Waals surface area contributed by atoms with Gasteiger partial charge in [0.15, 0.2) is 0 Å². The molecule has 0 aromatic rings. The van der Waals surface area contributed by atoms with E-state index in [4.69, 9.17) is 9.47 Å². The quantitative estimate of drug-likeness (QED) is 0.563. The molecule has 4 rings (SSSR count). The third-order valence-corrected chi connectivity index (χ3v) is 8.50. The Labute approximate surface area is 156 Å². The van der Waals surface area contributed by atoms with Gasteiger partial charge in [0.1, 0.15) is 18.9 Å². The van der Waals surface area contributed by atoms with E-state index in [-0.39, 0.29) is 22.9 Å². The van der Waals surface area contributed by atoms with Gasteiger partial charge in [0, 0.05) is 24.9 Å². The van der Waals surface area contributed by atoms with Gasteiger partial charge in [-0.3, -0.25) is 9.59 Å². The molecule has 0 aromatic carbocycles. The molecule has 144 valence electrons. The van der Waals surface area contributed by atoms with E-state index in [9.17, 15) is 9.59 Å². The summed E-state index contributed by atoms with van der Waals surface area (Å²) in [4.78, 5) is 24.9. The van der Waals surface area contributed by atoms with Gasteiger partial charge in [0.25, 0.3) is 0 Å². The molecular formula is C22H32O4. The maximum absolute atomic E-state index is 13.4. The second-order valence-electron chi connectivity index (χ2n) is 9.57. The van der Waals surface area contributed by atoms with Crippen LogP contribution in [0.25, 0.3) is 0 Å². The monoisotopic (exact) mass is 360 g/mol. The van der Waals surface area contributed by atoms with Crippen LogP contribution in [0, 0.1) is 34.5 Å². The molecular weight excluding hydrogens is 328 g/mol. The van der Waals surface area contributed by atoms with E-state index < -0.39 is 0 Å². The minimum atomic E-state index is -0.220. The zero-order chi connectivity index (χ0) is 18.5. The minimum Gasteiger partial charge on any atom is -0.359 e. The Kier molecular flexibility index (Phi) is 4.63. The Morgan fingerprint density at radius 3 is 2.81 bits per heavy atom. The van der Waals surface area contributed by atoms with Crippen molar-refractivity contribution in [1.29, 1.82) is 0 Å². The number of ether oxygens (including phenoxy) is 2. The molecule has 4 aliphatic rings. The summed E-state index contributed by atoms with van der Waals surface area (Å²) in [5, 5.41) is 0. The molecule has 0 unspecified atom stereocenters. The van der Waals surface area contributed by atoms with Gasteiger partial charge in [-0.2, -0.15) is 0 Å². The predicted octanol–water partition coefficient (Wildman–Crippen LogP) is 3.93. The average molecular weight is 360 g/mol. The van der Waals surface area contributed by atoms with Crippen LogP contribution in [0.2, 0.25) is 0 Å². The summed E-state index contributed by atoms with van der Waals surface area (Å²) in [6.07, 6.45) is 10.3. The molecule has 4 nitrogen and oxygen atoms in total. The molecule has 4 aliphatic carbocycles. The Balaban J connectivity index is 1.57. The zero-order valence-corrected chi connectivity index (χ0v) is 16.3.